The number of hydrogen-bond donors (Lipinski definition) is 2. The third-order valence-corrected chi connectivity index (χ3v) is 7.24. The number of rotatable bonds is 8. The summed E-state index contributed by atoms with van der Waals surface area (Å²) < 4.78 is 10.8. The van der Waals surface area contributed by atoms with Crippen LogP contribution in [0.1, 0.15) is 24.1 Å². The van der Waals surface area contributed by atoms with Gasteiger partial charge in [-0.1, -0.05) is 42.5 Å². The first-order valence-corrected chi connectivity index (χ1v) is 12.2. The van der Waals surface area contributed by atoms with Crippen LogP contribution in [0.15, 0.2) is 78.9 Å². The molecule has 8 nitrogen and oxygen atoms in total. The Kier molecular flexibility index (Phi) is 6.43. The minimum absolute atomic E-state index is 0.0487. The van der Waals surface area contributed by atoms with E-state index in [0.29, 0.717) is 29.4 Å². The van der Waals surface area contributed by atoms with Crippen LogP contribution >= 0.6 is 0 Å². The average molecular weight is 501 g/mol. The number of nitrogens with zero attached hydrogens (tertiary/aromatic N) is 1. The predicted octanol–water partition coefficient (Wildman–Crippen LogP) is 3.61. The summed E-state index contributed by atoms with van der Waals surface area (Å²) in [5, 5.41) is 13.8. The molecule has 0 saturated carbocycles. The molecular formula is C29H28N2O6. The molecule has 2 N–H and O–H groups in total. The lowest BCUT2D eigenvalue weighted by molar-refractivity contribution is -0.148. The topological polar surface area (TPSA) is 105 Å². The second-order valence-corrected chi connectivity index (χ2v) is 9.28. The van der Waals surface area contributed by atoms with Crippen molar-refractivity contribution in [3.63, 3.8) is 0 Å². The van der Waals surface area contributed by atoms with Crippen LogP contribution in [0.4, 0.5) is 5.69 Å². The Bertz CT molecular complexity index is 1310. The molecule has 0 bridgehead atoms. The van der Waals surface area contributed by atoms with Crippen LogP contribution in [-0.2, 0) is 20.8 Å². The number of nitrogens with one attached hydrogen (secondary N) is 1. The minimum atomic E-state index is -1.68. The number of hydrogen-bond acceptors (Lipinski definition) is 6. The smallest absolute Gasteiger partial charge is 0.325 e. The number of carboxylic acid groups (broad SMARTS) is 1. The molecule has 2 amide bonds. The van der Waals surface area contributed by atoms with Crippen LogP contribution in [0.3, 0.4) is 0 Å². The molecule has 4 atom stereocenters. The van der Waals surface area contributed by atoms with Gasteiger partial charge in [-0.25, -0.2) is 4.90 Å². The lowest BCUT2D eigenvalue weighted by Crippen LogP contribution is -2.57. The molecule has 190 valence electrons. The van der Waals surface area contributed by atoms with Gasteiger partial charge >= 0.3 is 5.97 Å². The van der Waals surface area contributed by atoms with Crippen LogP contribution < -0.4 is 19.7 Å². The summed E-state index contributed by atoms with van der Waals surface area (Å²) in [5.41, 5.74) is 0.178. The van der Waals surface area contributed by atoms with Gasteiger partial charge < -0.3 is 14.6 Å². The number of imide groups is 1. The van der Waals surface area contributed by atoms with Gasteiger partial charge in [0.1, 0.15) is 17.0 Å². The normalized spacial score (nSPS) is 24.7. The highest BCUT2D eigenvalue weighted by molar-refractivity contribution is 6.24. The van der Waals surface area contributed by atoms with E-state index in [1.54, 1.807) is 55.6 Å². The summed E-state index contributed by atoms with van der Waals surface area (Å²) in [7, 11) is 1.56. The number of fused-ring (bicyclic) bond motifs is 1. The third-order valence-electron chi connectivity index (χ3n) is 7.24. The van der Waals surface area contributed by atoms with E-state index in [1.807, 2.05) is 37.3 Å². The minimum Gasteiger partial charge on any atom is -0.497 e. The highest BCUT2D eigenvalue weighted by Crippen LogP contribution is 2.51. The Hall–Kier alpha value is -4.17. The fraction of sp³-hybridized carbons (Fsp3) is 0.276. The fourth-order valence-electron chi connectivity index (χ4n) is 5.57. The third kappa shape index (κ3) is 4.13. The molecular weight excluding hydrogens is 472 g/mol. The van der Waals surface area contributed by atoms with Gasteiger partial charge in [0.15, 0.2) is 0 Å². The second-order valence-electron chi connectivity index (χ2n) is 9.28. The molecule has 2 heterocycles. The first-order chi connectivity index (χ1) is 17.9. The summed E-state index contributed by atoms with van der Waals surface area (Å²) in [5.74, 6) is -2.87. The van der Waals surface area contributed by atoms with Crippen molar-refractivity contribution in [2.24, 2.45) is 11.8 Å². The Balaban J connectivity index is 1.60. The lowest BCUT2D eigenvalue weighted by Gasteiger charge is -2.31. The summed E-state index contributed by atoms with van der Waals surface area (Å²) in [6.45, 7) is 2.36. The van der Waals surface area contributed by atoms with Gasteiger partial charge in [-0.3, -0.25) is 19.7 Å². The number of carbonyl (C=O) groups excluding carboxylic acids is 2. The van der Waals surface area contributed by atoms with E-state index in [4.69, 9.17) is 9.47 Å². The first kappa shape index (κ1) is 24.5. The van der Waals surface area contributed by atoms with E-state index < -0.39 is 41.2 Å². The molecule has 2 aliphatic rings. The highest BCUT2D eigenvalue weighted by Gasteiger charge is 2.68. The highest BCUT2D eigenvalue weighted by atomic mass is 16.5. The number of aliphatic carboxylic acids is 1. The number of ether oxygens (including phenoxy) is 2. The zero-order chi connectivity index (χ0) is 26.2. The van der Waals surface area contributed by atoms with Gasteiger partial charge in [-0.05, 0) is 54.4 Å². The number of amides is 2. The summed E-state index contributed by atoms with van der Waals surface area (Å²) in [6.07, 6.45) is 0.0487. The number of benzene rings is 3. The second kappa shape index (κ2) is 9.71. The van der Waals surface area contributed by atoms with E-state index in [0.717, 1.165) is 10.5 Å². The average Bonchev–Trinajstić information content (AvgIpc) is 3.39. The molecule has 5 rings (SSSR count). The van der Waals surface area contributed by atoms with Crippen LogP contribution in [0, 0.1) is 11.8 Å². The molecule has 37 heavy (non-hydrogen) atoms. The van der Waals surface area contributed by atoms with Gasteiger partial charge in [0, 0.05) is 12.5 Å². The SMILES string of the molecule is CCOc1ccc(N2C(=O)[C@@H]3[C@H](c4ccc(OC)cc4)N[C@](Cc4ccccc4)(C(=O)O)[C@H]3C2=O)cc1. The van der Waals surface area contributed by atoms with Crippen molar-refractivity contribution in [1.82, 2.24) is 5.32 Å². The maximum Gasteiger partial charge on any atom is 0.325 e. The number of methoxy groups -OCH3 is 1. The quantitative estimate of drug-likeness (QED) is 0.455. The Labute approximate surface area is 214 Å². The zero-order valence-electron chi connectivity index (χ0n) is 20.6. The standard InChI is InChI=1S/C29H28N2O6/c1-3-37-22-15-11-20(12-16-22)31-26(32)23-24(27(31)33)29(28(34)35,17-18-7-5-4-6-8-18)30-25(23)19-9-13-21(36-2)14-10-19/h4-16,23-25,30H,3,17H2,1-2H3,(H,34,35)/t23-,24+,25-,29-/m0/s1. The molecule has 2 fully saturated rings. The van der Waals surface area contributed by atoms with E-state index in [1.165, 1.54) is 0 Å². The number of anilines is 1. The van der Waals surface area contributed by atoms with Crippen molar-refractivity contribution in [3.05, 3.63) is 90.0 Å². The van der Waals surface area contributed by atoms with Crippen molar-refractivity contribution in [3.8, 4) is 11.5 Å². The van der Waals surface area contributed by atoms with E-state index >= 15 is 0 Å². The van der Waals surface area contributed by atoms with Crippen molar-refractivity contribution < 1.29 is 29.0 Å². The van der Waals surface area contributed by atoms with Gasteiger partial charge in [0.25, 0.3) is 0 Å². The van der Waals surface area contributed by atoms with E-state index in [9.17, 15) is 19.5 Å². The molecule has 0 aromatic heterocycles. The van der Waals surface area contributed by atoms with Gasteiger partial charge in [-0.15, -0.1) is 0 Å². The van der Waals surface area contributed by atoms with E-state index in [2.05, 4.69) is 5.32 Å². The molecule has 3 aromatic carbocycles. The van der Waals surface area contributed by atoms with Crippen molar-refractivity contribution in [1.29, 1.82) is 0 Å². The zero-order valence-corrected chi connectivity index (χ0v) is 20.6. The summed E-state index contributed by atoms with van der Waals surface area (Å²) >= 11 is 0. The van der Waals surface area contributed by atoms with Gasteiger partial charge in [0.05, 0.1) is 31.2 Å². The van der Waals surface area contributed by atoms with Crippen molar-refractivity contribution >= 4 is 23.5 Å². The molecule has 2 saturated heterocycles. The largest absolute Gasteiger partial charge is 0.497 e. The Morgan fingerprint density at radius 1 is 0.946 bits per heavy atom. The van der Waals surface area contributed by atoms with Crippen molar-refractivity contribution in [2.75, 3.05) is 18.6 Å². The fourth-order valence-corrected chi connectivity index (χ4v) is 5.57. The first-order valence-electron chi connectivity index (χ1n) is 12.2. The van der Waals surface area contributed by atoms with Crippen LogP contribution in [0.25, 0.3) is 0 Å². The monoisotopic (exact) mass is 500 g/mol. The molecule has 3 aromatic rings. The molecule has 2 aliphatic heterocycles. The van der Waals surface area contributed by atoms with Gasteiger partial charge in [0.2, 0.25) is 11.8 Å². The van der Waals surface area contributed by atoms with Gasteiger partial charge in [-0.2, -0.15) is 0 Å². The molecule has 0 unspecified atom stereocenters. The molecule has 0 spiro atoms. The van der Waals surface area contributed by atoms with Crippen LogP contribution in [-0.4, -0.2) is 42.1 Å². The maximum atomic E-state index is 13.9. The molecule has 0 aliphatic carbocycles. The molecule has 8 heteroatoms. The maximum absolute atomic E-state index is 13.9. The number of carbonyl (C=O) groups is 3. The summed E-state index contributed by atoms with van der Waals surface area (Å²) in [6, 6.07) is 22.3. The number of carboxylic acids is 1. The molecule has 0 radical (unpaired) electrons. The van der Waals surface area contributed by atoms with E-state index in [-0.39, 0.29) is 6.42 Å². The summed E-state index contributed by atoms with van der Waals surface area (Å²) in [4.78, 5) is 41.9. The lowest BCUT2D eigenvalue weighted by atomic mass is 9.76. The predicted molar refractivity (Wildman–Crippen MR) is 136 cm³/mol. The Morgan fingerprint density at radius 3 is 2.19 bits per heavy atom. The van der Waals surface area contributed by atoms with Crippen LogP contribution in [0.2, 0.25) is 0 Å². The van der Waals surface area contributed by atoms with Crippen molar-refractivity contribution in [2.45, 2.75) is 24.9 Å². The van der Waals surface area contributed by atoms with Crippen LogP contribution in [0.5, 0.6) is 11.5 Å². The Morgan fingerprint density at radius 2 is 1.59 bits per heavy atom.